The van der Waals surface area contributed by atoms with Gasteiger partial charge in [0.05, 0.1) is 13.7 Å². The van der Waals surface area contributed by atoms with Crippen molar-refractivity contribution in [1.29, 1.82) is 0 Å². The molecule has 1 aromatic carbocycles. The van der Waals surface area contributed by atoms with E-state index in [9.17, 15) is 0 Å². The maximum Gasteiger partial charge on any atom is 0.191 e. The molecule has 2 N–H and O–H groups in total. The molecule has 164 valence electrons. The van der Waals surface area contributed by atoms with E-state index >= 15 is 0 Å². The van der Waals surface area contributed by atoms with E-state index < -0.39 is 0 Å². The van der Waals surface area contributed by atoms with Crippen molar-refractivity contribution in [3.63, 3.8) is 0 Å². The molecule has 2 heterocycles. The number of hydrogen-bond acceptors (Lipinski definition) is 4. The molecule has 0 radical (unpaired) electrons. The standard InChI is InChI=1S/C22H36N4O2.HI/c1-3-23-21(24-13-10-19-8-4-5-9-20(19)27-2)25-18-22(11-16-28-17-12-22)26-14-6-7-15-26;/h4-5,8-9H,3,6-7,10-18H2,1-2H3,(H2,23,24,25);1H. The number of likely N-dealkylation sites (tertiary alicyclic amines) is 1. The lowest BCUT2D eigenvalue weighted by Crippen LogP contribution is -2.54. The predicted octanol–water partition coefficient (Wildman–Crippen LogP) is 3.06. The number of ether oxygens (including phenoxy) is 2. The molecule has 0 atom stereocenters. The van der Waals surface area contributed by atoms with Crippen LogP contribution in [-0.2, 0) is 11.2 Å². The van der Waals surface area contributed by atoms with Crippen LogP contribution in [0.25, 0.3) is 0 Å². The molecule has 2 saturated heterocycles. The average Bonchev–Trinajstić information content (AvgIpc) is 3.29. The van der Waals surface area contributed by atoms with E-state index in [1.807, 2.05) is 12.1 Å². The van der Waals surface area contributed by atoms with Gasteiger partial charge in [-0.25, -0.2) is 0 Å². The van der Waals surface area contributed by atoms with E-state index in [0.717, 1.165) is 63.8 Å². The maximum absolute atomic E-state index is 5.66. The second kappa shape index (κ2) is 12.6. The van der Waals surface area contributed by atoms with Crippen LogP contribution in [0, 0.1) is 0 Å². The zero-order chi connectivity index (χ0) is 19.7. The number of hydrogen-bond donors (Lipinski definition) is 2. The Morgan fingerprint density at radius 1 is 1.17 bits per heavy atom. The number of methoxy groups -OCH3 is 1. The molecule has 2 aliphatic rings. The Kier molecular flexibility index (Phi) is 10.5. The molecule has 2 aliphatic heterocycles. The molecule has 0 aromatic heterocycles. The van der Waals surface area contributed by atoms with Crippen molar-refractivity contribution in [2.45, 2.75) is 44.6 Å². The van der Waals surface area contributed by atoms with Gasteiger partial charge in [-0.05, 0) is 63.7 Å². The summed E-state index contributed by atoms with van der Waals surface area (Å²) in [7, 11) is 1.73. The first kappa shape index (κ1) is 24.2. The fourth-order valence-corrected chi connectivity index (χ4v) is 4.31. The molecule has 3 rings (SSSR count). The molecule has 0 unspecified atom stereocenters. The number of guanidine groups is 1. The molecule has 0 bridgehead atoms. The molecule has 0 spiro atoms. The molecule has 7 heteroatoms. The third kappa shape index (κ3) is 6.72. The summed E-state index contributed by atoms with van der Waals surface area (Å²) in [4.78, 5) is 7.66. The number of benzene rings is 1. The highest BCUT2D eigenvalue weighted by molar-refractivity contribution is 14.0. The maximum atomic E-state index is 5.66. The van der Waals surface area contributed by atoms with Crippen LogP contribution in [0.2, 0.25) is 0 Å². The van der Waals surface area contributed by atoms with Gasteiger partial charge in [-0.1, -0.05) is 18.2 Å². The van der Waals surface area contributed by atoms with Gasteiger partial charge in [0.2, 0.25) is 0 Å². The van der Waals surface area contributed by atoms with Crippen molar-refractivity contribution in [2.24, 2.45) is 4.99 Å². The zero-order valence-corrected chi connectivity index (χ0v) is 20.2. The van der Waals surface area contributed by atoms with Crippen molar-refractivity contribution in [1.82, 2.24) is 15.5 Å². The molecule has 6 nitrogen and oxygen atoms in total. The number of halogens is 1. The number of nitrogens with zero attached hydrogens (tertiary/aromatic N) is 2. The van der Waals surface area contributed by atoms with E-state index in [4.69, 9.17) is 14.5 Å². The van der Waals surface area contributed by atoms with Gasteiger partial charge in [-0.15, -0.1) is 24.0 Å². The van der Waals surface area contributed by atoms with Crippen LogP contribution in [0.3, 0.4) is 0 Å². The smallest absolute Gasteiger partial charge is 0.191 e. The molecule has 29 heavy (non-hydrogen) atoms. The molecule has 0 aliphatic carbocycles. The number of nitrogens with one attached hydrogen (secondary N) is 2. The van der Waals surface area contributed by atoms with Gasteiger partial charge >= 0.3 is 0 Å². The Balaban J connectivity index is 0.00000300. The first-order chi connectivity index (χ1) is 13.8. The molecule has 0 saturated carbocycles. The quantitative estimate of drug-likeness (QED) is 0.316. The van der Waals surface area contributed by atoms with Crippen LogP contribution in [0.15, 0.2) is 29.3 Å². The average molecular weight is 516 g/mol. The second-order valence-corrected chi connectivity index (χ2v) is 7.71. The summed E-state index contributed by atoms with van der Waals surface area (Å²) >= 11 is 0. The minimum absolute atomic E-state index is 0. The fourth-order valence-electron chi connectivity index (χ4n) is 4.31. The highest BCUT2D eigenvalue weighted by Gasteiger charge is 2.39. The van der Waals surface area contributed by atoms with Crippen LogP contribution >= 0.6 is 24.0 Å². The van der Waals surface area contributed by atoms with Gasteiger partial charge in [0.25, 0.3) is 0 Å². The minimum atomic E-state index is 0. The Bertz CT molecular complexity index is 629. The number of aliphatic imine (C=N–C) groups is 1. The van der Waals surface area contributed by atoms with E-state index in [-0.39, 0.29) is 29.5 Å². The van der Waals surface area contributed by atoms with Crippen LogP contribution in [0.1, 0.15) is 38.2 Å². The Hall–Kier alpha value is -1.06. The van der Waals surface area contributed by atoms with Crippen molar-refractivity contribution >= 4 is 29.9 Å². The highest BCUT2D eigenvalue weighted by atomic mass is 127. The van der Waals surface area contributed by atoms with E-state index in [1.165, 1.54) is 31.5 Å². The predicted molar refractivity (Wildman–Crippen MR) is 130 cm³/mol. The minimum Gasteiger partial charge on any atom is -0.496 e. The summed E-state index contributed by atoms with van der Waals surface area (Å²) in [5.41, 5.74) is 1.38. The third-order valence-corrected chi connectivity index (χ3v) is 5.96. The summed E-state index contributed by atoms with van der Waals surface area (Å²) in [5, 5.41) is 6.90. The summed E-state index contributed by atoms with van der Waals surface area (Å²) in [5.74, 6) is 1.85. The monoisotopic (exact) mass is 516 g/mol. The van der Waals surface area contributed by atoms with E-state index in [1.54, 1.807) is 7.11 Å². The summed E-state index contributed by atoms with van der Waals surface area (Å²) in [6.45, 7) is 8.74. The van der Waals surface area contributed by atoms with Gasteiger partial charge in [0.1, 0.15) is 5.75 Å². The summed E-state index contributed by atoms with van der Waals surface area (Å²) in [6.07, 6.45) is 5.68. The van der Waals surface area contributed by atoms with Gasteiger partial charge in [-0.2, -0.15) is 0 Å². The van der Waals surface area contributed by atoms with Crippen LogP contribution in [0.5, 0.6) is 5.75 Å². The van der Waals surface area contributed by atoms with Crippen molar-refractivity contribution < 1.29 is 9.47 Å². The third-order valence-electron chi connectivity index (χ3n) is 5.96. The molecular formula is C22H37IN4O2. The molecule has 1 aromatic rings. The van der Waals surface area contributed by atoms with Gasteiger partial charge < -0.3 is 20.1 Å². The molecular weight excluding hydrogens is 479 g/mol. The van der Waals surface area contributed by atoms with Gasteiger partial charge in [0.15, 0.2) is 5.96 Å². The van der Waals surface area contributed by atoms with E-state index in [0.29, 0.717) is 0 Å². The van der Waals surface area contributed by atoms with Crippen LogP contribution in [0.4, 0.5) is 0 Å². The SMILES string of the molecule is CCNC(=NCC1(N2CCCC2)CCOCC1)NCCc1ccccc1OC.I. The zero-order valence-electron chi connectivity index (χ0n) is 17.9. The van der Waals surface area contributed by atoms with Crippen molar-refractivity contribution in [2.75, 3.05) is 53.0 Å². The number of para-hydroxylation sites is 1. The van der Waals surface area contributed by atoms with Gasteiger partial charge in [-0.3, -0.25) is 9.89 Å². The summed E-state index contributed by atoms with van der Waals surface area (Å²) in [6, 6.07) is 8.20. The first-order valence-electron chi connectivity index (χ1n) is 10.7. The highest BCUT2D eigenvalue weighted by Crippen LogP contribution is 2.31. The van der Waals surface area contributed by atoms with Crippen LogP contribution < -0.4 is 15.4 Å². The Morgan fingerprint density at radius 3 is 2.59 bits per heavy atom. The summed E-state index contributed by atoms with van der Waals surface area (Å²) < 4.78 is 11.1. The van der Waals surface area contributed by atoms with E-state index in [2.05, 4.69) is 34.6 Å². The number of rotatable bonds is 8. The Morgan fingerprint density at radius 2 is 1.90 bits per heavy atom. The first-order valence-corrected chi connectivity index (χ1v) is 10.7. The second-order valence-electron chi connectivity index (χ2n) is 7.71. The topological polar surface area (TPSA) is 58.1 Å². The van der Waals surface area contributed by atoms with Crippen molar-refractivity contribution in [3.05, 3.63) is 29.8 Å². The van der Waals surface area contributed by atoms with Gasteiger partial charge in [0, 0.05) is 31.8 Å². The molecule has 0 amide bonds. The van der Waals surface area contributed by atoms with Crippen molar-refractivity contribution in [3.8, 4) is 5.75 Å². The lowest BCUT2D eigenvalue weighted by atomic mass is 9.88. The molecule has 2 fully saturated rings. The lowest BCUT2D eigenvalue weighted by molar-refractivity contribution is -0.0139. The fraction of sp³-hybridized carbons (Fsp3) is 0.682. The lowest BCUT2D eigenvalue weighted by Gasteiger charge is -2.43. The van der Waals surface area contributed by atoms with Crippen LogP contribution in [-0.4, -0.2) is 69.4 Å². The Labute approximate surface area is 192 Å². The largest absolute Gasteiger partial charge is 0.496 e. The normalized spacial score (nSPS) is 19.4.